The van der Waals surface area contributed by atoms with E-state index in [-0.39, 0.29) is 11.8 Å². The van der Waals surface area contributed by atoms with Crippen molar-refractivity contribution in [3.8, 4) is 0 Å². The molecule has 108 valence electrons. The molecule has 1 aromatic carbocycles. The molecule has 3 aliphatic rings. The van der Waals surface area contributed by atoms with E-state index < -0.39 is 5.97 Å². The third-order valence-electron chi connectivity index (χ3n) is 5.08. The quantitative estimate of drug-likeness (QED) is 0.848. The van der Waals surface area contributed by atoms with E-state index >= 15 is 0 Å². The highest BCUT2D eigenvalue weighted by atomic mass is 16.4. The summed E-state index contributed by atoms with van der Waals surface area (Å²) in [5, 5.41) is 9.05. The largest absolute Gasteiger partial charge is 0.478 e. The molecule has 1 aliphatic heterocycles. The molecule has 4 rings (SSSR count). The number of nitrogens with zero attached hydrogens (tertiary/aromatic N) is 1. The molecule has 0 saturated heterocycles. The number of hydrogen-bond acceptors (Lipinski definition) is 2. The van der Waals surface area contributed by atoms with Crippen LogP contribution < -0.4 is 0 Å². The fraction of sp³-hybridized carbons (Fsp3) is 0.412. The summed E-state index contributed by atoms with van der Waals surface area (Å²) in [7, 11) is 0. The fourth-order valence-electron chi connectivity index (χ4n) is 3.98. The lowest BCUT2D eigenvalue weighted by Gasteiger charge is -2.24. The standard InChI is InChI=1S/C17H17NO3/c19-16(15-6-10-1-2-11(15)5-10)18-8-13-4-3-12(17(20)21)7-14(13)9-18/h1-4,7,10-11,15H,5-6,8-9H2,(H,20,21). The second-order valence-corrected chi connectivity index (χ2v) is 6.37. The Morgan fingerprint density at radius 2 is 1.90 bits per heavy atom. The van der Waals surface area contributed by atoms with E-state index in [4.69, 9.17) is 5.11 Å². The van der Waals surface area contributed by atoms with Crippen molar-refractivity contribution >= 4 is 11.9 Å². The van der Waals surface area contributed by atoms with Crippen LogP contribution in [0.15, 0.2) is 30.4 Å². The van der Waals surface area contributed by atoms with Crippen molar-refractivity contribution in [1.82, 2.24) is 4.90 Å². The van der Waals surface area contributed by atoms with Gasteiger partial charge in [-0.25, -0.2) is 4.79 Å². The average Bonchev–Trinajstić information content (AvgIpc) is 3.19. The van der Waals surface area contributed by atoms with E-state index in [0.29, 0.717) is 30.5 Å². The number of rotatable bonds is 2. The van der Waals surface area contributed by atoms with Crippen LogP contribution in [0.4, 0.5) is 0 Å². The third-order valence-corrected chi connectivity index (χ3v) is 5.08. The maximum Gasteiger partial charge on any atom is 0.335 e. The maximum atomic E-state index is 12.7. The highest BCUT2D eigenvalue weighted by Crippen LogP contribution is 2.44. The van der Waals surface area contributed by atoms with Gasteiger partial charge in [-0.3, -0.25) is 4.79 Å². The molecule has 1 N–H and O–H groups in total. The number of carbonyl (C=O) groups excluding carboxylic acids is 1. The summed E-state index contributed by atoms with van der Waals surface area (Å²) in [5.74, 6) is 0.460. The second kappa shape index (κ2) is 4.45. The Bertz CT molecular complexity index is 664. The minimum atomic E-state index is -0.916. The van der Waals surface area contributed by atoms with Crippen molar-refractivity contribution in [1.29, 1.82) is 0 Å². The van der Waals surface area contributed by atoms with Gasteiger partial charge >= 0.3 is 5.97 Å². The highest BCUT2D eigenvalue weighted by Gasteiger charge is 2.42. The van der Waals surface area contributed by atoms with Gasteiger partial charge in [0.25, 0.3) is 0 Å². The number of carboxylic acid groups (broad SMARTS) is 1. The van der Waals surface area contributed by atoms with E-state index in [1.54, 1.807) is 12.1 Å². The molecule has 2 aliphatic carbocycles. The first-order valence-corrected chi connectivity index (χ1v) is 7.44. The first-order chi connectivity index (χ1) is 10.1. The Kier molecular flexibility index (Phi) is 2.67. The van der Waals surface area contributed by atoms with Gasteiger partial charge in [0.15, 0.2) is 0 Å². The zero-order valence-electron chi connectivity index (χ0n) is 11.7. The minimum Gasteiger partial charge on any atom is -0.478 e. The van der Waals surface area contributed by atoms with Gasteiger partial charge in [0.05, 0.1) is 5.56 Å². The summed E-state index contributed by atoms with van der Waals surface area (Å²) in [5.41, 5.74) is 2.35. The molecule has 0 aromatic heterocycles. The summed E-state index contributed by atoms with van der Waals surface area (Å²) >= 11 is 0. The van der Waals surface area contributed by atoms with Crippen LogP contribution >= 0.6 is 0 Å². The molecule has 1 fully saturated rings. The predicted molar refractivity (Wildman–Crippen MR) is 76.5 cm³/mol. The van der Waals surface area contributed by atoms with Gasteiger partial charge in [-0.15, -0.1) is 0 Å². The first-order valence-electron chi connectivity index (χ1n) is 7.44. The van der Waals surface area contributed by atoms with Crippen LogP contribution in [0.2, 0.25) is 0 Å². The van der Waals surface area contributed by atoms with Crippen LogP contribution in [0.25, 0.3) is 0 Å². The van der Waals surface area contributed by atoms with E-state index in [1.807, 2.05) is 11.0 Å². The number of hydrogen-bond donors (Lipinski definition) is 1. The monoisotopic (exact) mass is 283 g/mol. The predicted octanol–water partition coefficient (Wildman–Crippen LogP) is 2.44. The Morgan fingerprint density at radius 1 is 1.10 bits per heavy atom. The van der Waals surface area contributed by atoms with Crippen molar-refractivity contribution in [3.63, 3.8) is 0 Å². The fourth-order valence-corrected chi connectivity index (χ4v) is 3.98. The number of carboxylic acids is 1. The summed E-state index contributed by atoms with van der Waals surface area (Å²) in [6.07, 6.45) is 6.54. The maximum absolute atomic E-state index is 12.7. The van der Waals surface area contributed by atoms with Crippen LogP contribution in [-0.4, -0.2) is 21.9 Å². The number of carbonyl (C=O) groups is 2. The molecule has 0 spiro atoms. The minimum absolute atomic E-state index is 0.133. The molecule has 1 amide bonds. The molecule has 21 heavy (non-hydrogen) atoms. The Labute approximate surface area is 123 Å². The average molecular weight is 283 g/mol. The van der Waals surface area contributed by atoms with Gasteiger partial charge in [0.1, 0.15) is 0 Å². The van der Waals surface area contributed by atoms with Crippen molar-refractivity contribution < 1.29 is 14.7 Å². The third kappa shape index (κ3) is 1.97. The Hall–Kier alpha value is -2.10. The number of fused-ring (bicyclic) bond motifs is 3. The molecule has 3 unspecified atom stereocenters. The SMILES string of the molecule is O=C(O)c1ccc2c(c1)CN(C(=O)C1CC3C=CC1C3)C2. The van der Waals surface area contributed by atoms with E-state index in [9.17, 15) is 9.59 Å². The second-order valence-electron chi connectivity index (χ2n) is 6.37. The number of amides is 1. The highest BCUT2D eigenvalue weighted by molar-refractivity contribution is 5.88. The van der Waals surface area contributed by atoms with Crippen LogP contribution in [0.3, 0.4) is 0 Å². The van der Waals surface area contributed by atoms with Crippen molar-refractivity contribution in [2.45, 2.75) is 25.9 Å². The molecular weight excluding hydrogens is 266 g/mol. The lowest BCUT2D eigenvalue weighted by molar-refractivity contribution is -0.137. The normalized spacial score (nSPS) is 29.0. The van der Waals surface area contributed by atoms with Crippen LogP contribution in [-0.2, 0) is 17.9 Å². The molecule has 3 atom stereocenters. The van der Waals surface area contributed by atoms with Crippen molar-refractivity contribution in [2.24, 2.45) is 17.8 Å². The van der Waals surface area contributed by atoms with E-state index in [2.05, 4.69) is 12.2 Å². The van der Waals surface area contributed by atoms with E-state index in [0.717, 1.165) is 24.0 Å². The Morgan fingerprint density at radius 3 is 2.57 bits per heavy atom. The Balaban J connectivity index is 1.53. The number of aromatic carboxylic acids is 1. The first kappa shape index (κ1) is 12.6. The molecule has 1 aromatic rings. The lowest BCUT2D eigenvalue weighted by Crippen LogP contribution is -2.33. The summed E-state index contributed by atoms with van der Waals surface area (Å²) in [6.45, 7) is 1.17. The lowest BCUT2D eigenvalue weighted by atomic mass is 9.92. The van der Waals surface area contributed by atoms with Gasteiger partial charge in [0, 0.05) is 19.0 Å². The molecule has 2 bridgehead atoms. The molecule has 4 heteroatoms. The van der Waals surface area contributed by atoms with Crippen molar-refractivity contribution in [2.75, 3.05) is 0 Å². The molecule has 1 heterocycles. The number of allylic oxidation sites excluding steroid dienone is 2. The van der Waals surface area contributed by atoms with Crippen LogP contribution in [0, 0.1) is 17.8 Å². The molecular formula is C17H17NO3. The van der Waals surface area contributed by atoms with Gasteiger partial charge < -0.3 is 10.0 Å². The zero-order valence-corrected chi connectivity index (χ0v) is 11.7. The van der Waals surface area contributed by atoms with Crippen LogP contribution in [0.1, 0.15) is 34.3 Å². The zero-order chi connectivity index (χ0) is 14.6. The topological polar surface area (TPSA) is 57.6 Å². The van der Waals surface area contributed by atoms with Crippen molar-refractivity contribution in [3.05, 3.63) is 47.0 Å². The molecule has 1 saturated carbocycles. The van der Waals surface area contributed by atoms with E-state index in [1.165, 1.54) is 0 Å². The van der Waals surface area contributed by atoms with Gasteiger partial charge in [0.2, 0.25) is 5.91 Å². The summed E-state index contributed by atoms with van der Waals surface area (Å²) in [4.78, 5) is 25.6. The van der Waals surface area contributed by atoms with Gasteiger partial charge in [-0.2, -0.15) is 0 Å². The smallest absolute Gasteiger partial charge is 0.335 e. The molecule has 4 nitrogen and oxygen atoms in total. The van der Waals surface area contributed by atoms with Gasteiger partial charge in [-0.05, 0) is 47.9 Å². The number of benzene rings is 1. The van der Waals surface area contributed by atoms with Crippen LogP contribution in [0.5, 0.6) is 0 Å². The summed E-state index contributed by atoms with van der Waals surface area (Å²) < 4.78 is 0. The summed E-state index contributed by atoms with van der Waals surface area (Å²) in [6, 6.07) is 5.16. The molecule has 0 radical (unpaired) electrons. The van der Waals surface area contributed by atoms with Gasteiger partial charge in [-0.1, -0.05) is 18.2 Å².